The van der Waals surface area contributed by atoms with E-state index in [1.165, 1.54) is 23.7 Å². The number of aromatic nitrogens is 3. The first kappa shape index (κ1) is 11.5. The molecule has 1 amide bonds. The molecule has 88 valence electrons. The summed E-state index contributed by atoms with van der Waals surface area (Å²) in [6, 6.07) is 0. The molecule has 0 fully saturated rings. The Kier molecular flexibility index (Phi) is 3.61. The first-order valence-electron chi connectivity index (χ1n) is 4.96. The molecule has 0 saturated carbocycles. The van der Waals surface area contributed by atoms with Crippen LogP contribution in [0.5, 0.6) is 0 Å². The van der Waals surface area contributed by atoms with Crippen molar-refractivity contribution in [3.05, 3.63) is 34.7 Å². The van der Waals surface area contributed by atoms with Crippen LogP contribution in [0.1, 0.15) is 15.5 Å². The van der Waals surface area contributed by atoms with Crippen LogP contribution in [0.25, 0.3) is 0 Å². The average molecular weight is 249 g/mol. The van der Waals surface area contributed by atoms with Crippen molar-refractivity contribution in [3.63, 3.8) is 0 Å². The number of hydrogen-bond acceptors (Lipinski definition) is 6. The zero-order chi connectivity index (χ0) is 12.1. The van der Waals surface area contributed by atoms with Gasteiger partial charge in [0.25, 0.3) is 5.91 Å². The zero-order valence-corrected chi connectivity index (χ0v) is 9.99. The van der Waals surface area contributed by atoms with Crippen molar-refractivity contribution in [2.45, 2.75) is 6.54 Å². The number of carbonyl (C=O) groups is 1. The second-order valence-electron chi connectivity index (χ2n) is 3.15. The van der Waals surface area contributed by atoms with Crippen LogP contribution >= 0.6 is 11.3 Å². The highest BCUT2D eigenvalue weighted by molar-refractivity contribution is 7.09. The van der Waals surface area contributed by atoms with Gasteiger partial charge in [-0.1, -0.05) is 0 Å². The molecule has 0 aliphatic carbocycles. The van der Waals surface area contributed by atoms with Crippen LogP contribution < -0.4 is 10.6 Å². The average Bonchev–Trinajstić information content (AvgIpc) is 2.89. The molecule has 2 aromatic heterocycles. The molecular formula is C10H11N5OS. The summed E-state index contributed by atoms with van der Waals surface area (Å²) in [7, 11) is 1.74. The van der Waals surface area contributed by atoms with Gasteiger partial charge in [0.15, 0.2) is 0 Å². The fraction of sp³-hybridized carbons (Fsp3) is 0.200. The first-order chi connectivity index (χ1) is 8.29. The summed E-state index contributed by atoms with van der Waals surface area (Å²) in [5.41, 5.74) is 0.292. The molecule has 2 aromatic rings. The lowest BCUT2D eigenvalue weighted by atomic mass is 10.4. The normalized spacial score (nSPS) is 9.94. The molecule has 0 aromatic carbocycles. The van der Waals surface area contributed by atoms with Gasteiger partial charge in [-0.05, 0) is 0 Å². The van der Waals surface area contributed by atoms with Gasteiger partial charge >= 0.3 is 0 Å². The van der Waals surface area contributed by atoms with Crippen molar-refractivity contribution in [1.29, 1.82) is 0 Å². The lowest BCUT2D eigenvalue weighted by Gasteiger charge is -2.03. The SMILES string of the molecule is CNc1cnc(C(=O)NCc2nccs2)cn1. The Morgan fingerprint density at radius 2 is 2.24 bits per heavy atom. The third-order valence-electron chi connectivity index (χ3n) is 2.02. The molecule has 0 atom stereocenters. The maximum absolute atomic E-state index is 11.7. The molecule has 0 bridgehead atoms. The molecule has 0 unspecified atom stereocenters. The maximum atomic E-state index is 11.7. The van der Waals surface area contributed by atoms with Crippen LogP contribution in [-0.2, 0) is 6.54 Å². The van der Waals surface area contributed by atoms with Crippen LogP contribution in [0.15, 0.2) is 24.0 Å². The summed E-state index contributed by atoms with van der Waals surface area (Å²) in [5.74, 6) is 0.372. The summed E-state index contributed by atoms with van der Waals surface area (Å²) < 4.78 is 0. The lowest BCUT2D eigenvalue weighted by Crippen LogP contribution is -2.23. The Morgan fingerprint density at radius 1 is 1.35 bits per heavy atom. The van der Waals surface area contributed by atoms with E-state index in [4.69, 9.17) is 0 Å². The summed E-state index contributed by atoms with van der Waals surface area (Å²) in [6.45, 7) is 0.409. The number of amides is 1. The smallest absolute Gasteiger partial charge is 0.271 e. The van der Waals surface area contributed by atoms with Gasteiger partial charge in [-0.3, -0.25) is 4.79 Å². The molecule has 0 aliphatic rings. The highest BCUT2D eigenvalue weighted by Gasteiger charge is 2.07. The molecule has 0 spiro atoms. The van der Waals surface area contributed by atoms with Crippen molar-refractivity contribution in [1.82, 2.24) is 20.3 Å². The molecule has 2 N–H and O–H groups in total. The van der Waals surface area contributed by atoms with Crippen molar-refractivity contribution in [3.8, 4) is 0 Å². The Morgan fingerprint density at radius 3 is 2.82 bits per heavy atom. The second kappa shape index (κ2) is 5.35. The molecule has 0 aliphatic heterocycles. The first-order valence-corrected chi connectivity index (χ1v) is 5.84. The Hall–Kier alpha value is -2.02. The third-order valence-corrected chi connectivity index (χ3v) is 2.80. The lowest BCUT2D eigenvalue weighted by molar-refractivity contribution is 0.0945. The number of thiazole rings is 1. The van der Waals surface area contributed by atoms with E-state index >= 15 is 0 Å². The van der Waals surface area contributed by atoms with Gasteiger partial charge in [-0.25, -0.2) is 15.0 Å². The maximum Gasteiger partial charge on any atom is 0.271 e. The topological polar surface area (TPSA) is 79.8 Å². The molecule has 2 heterocycles. The van der Waals surface area contributed by atoms with Crippen molar-refractivity contribution in [2.75, 3.05) is 12.4 Å². The molecule has 0 radical (unpaired) electrons. The Bertz CT molecular complexity index is 482. The minimum absolute atomic E-state index is 0.254. The second-order valence-corrected chi connectivity index (χ2v) is 4.12. The highest BCUT2D eigenvalue weighted by Crippen LogP contribution is 2.04. The van der Waals surface area contributed by atoms with Gasteiger partial charge in [0.1, 0.15) is 16.5 Å². The molecule has 17 heavy (non-hydrogen) atoms. The number of nitrogens with zero attached hydrogens (tertiary/aromatic N) is 3. The number of anilines is 1. The van der Waals surface area contributed by atoms with Gasteiger partial charge in [0.2, 0.25) is 0 Å². The van der Waals surface area contributed by atoms with Crippen LogP contribution in [-0.4, -0.2) is 27.9 Å². The number of rotatable bonds is 4. The quantitative estimate of drug-likeness (QED) is 0.841. The minimum atomic E-state index is -0.254. The number of nitrogens with one attached hydrogen (secondary N) is 2. The predicted octanol–water partition coefficient (Wildman–Crippen LogP) is 0.905. The standard InChI is InChI=1S/C10H11N5OS/c1-11-8-5-13-7(4-14-8)10(16)15-6-9-12-2-3-17-9/h2-5H,6H2,1H3,(H,11,14)(H,15,16). The van der Waals surface area contributed by atoms with Gasteiger partial charge in [0.05, 0.1) is 18.9 Å². The zero-order valence-electron chi connectivity index (χ0n) is 9.17. The van der Waals surface area contributed by atoms with Crippen molar-refractivity contribution >= 4 is 23.1 Å². The van der Waals surface area contributed by atoms with E-state index in [2.05, 4.69) is 25.6 Å². The van der Waals surface area contributed by atoms with E-state index in [-0.39, 0.29) is 5.91 Å². The van der Waals surface area contributed by atoms with E-state index in [1.54, 1.807) is 13.2 Å². The van der Waals surface area contributed by atoms with Crippen LogP contribution in [0, 0.1) is 0 Å². The van der Waals surface area contributed by atoms with Crippen LogP contribution in [0.2, 0.25) is 0 Å². The fourth-order valence-corrected chi connectivity index (χ4v) is 1.72. The monoisotopic (exact) mass is 249 g/mol. The summed E-state index contributed by atoms with van der Waals surface area (Å²) in [4.78, 5) is 23.8. The van der Waals surface area contributed by atoms with Crippen molar-refractivity contribution < 1.29 is 4.79 Å². The third kappa shape index (κ3) is 2.97. The largest absolute Gasteiger partial charge is 0.372 e. The van der Waals surface area contributed by atoms with Crippen LogP contribution in [0.4, 0.5) is 5.82 Å². The Labute approximate surface area is 102 Å². The van der Waals surface area contributed by atoms with E-state index in [1.807, 2.05) is 5.38 Å². The van der Waals surface area contributed by atoms with Gasteiger partial charge in [-0.15, -0.1) is 11.3 Å². The summed E-state index contributed by atoms with van der Waals surface area (Å²) >= 11 is 1.49. The molecular weight excluding hydrogens is 238 g/mol. The van der Waals surface area contributed by atoms with Gasteiger partial charge in [0, 0.05) is 18.6 Å². The minimum Gasteiger partial charge on any atom is -0.372 e. The molecule has 7 heteroatoms. The molecule has 6 nitrogen and oxygen atoms in total. The van der Waals surface area contributed by atoms with E-state index in [0.29, 0.717) is 18.1 Å². The molecule has 2 rings (SSSR count). The van der Waals surface area contributed by atoms with Crippen molar-refractivity contribution in [2.24, 2.45) is 0 Å². The van der Waals surface area contributed by atoms with E-state index in [0.717, 1.165) is 5.01 Å². The number of carbonyl (C=O) groups excluding carboxylic acids is 1. The van der Waals surface area contributed by atoms with Crippen LogP contribution in [0.3, 0.4) is 0 Å². The van der Waals surface area contributed by atoms with Gasteiger partial charge in [-0.2, -0.15) is 0 Å². The highest BCUT2D eigenvalue weighted by atomic mass is 32.1. The van der Waals surface area contributed by atoms with Gasteiger partial charge < -0.3 is 10.6 Å². The Balaban J connectivity index is 1.95. The summed E-state index contributed by atoms with van der Waals surface area (Å²) in [5, 5.41) is 8.28. The molecule has 0 saturated heterocycles. The fourth-order valence-electron chi connectivity index (χ4n) is 1.16. The summed E-state index contributed by atoms with van der Waals surface area (Å²) in [6.07, 6.45) is 4.65. The van der Waals surface area contributed by atoms with E-state index in [9.17, 15) is 4.79 Å². The predicted molar refractivity (Wildman–Crippen MR) is 64.9 cm³/mol. The number of hydrogen-bond donors (Lipinski definition) is 2. The van der Waals surface area contributed by atoms with E-state index < -0.39 is 0 Å².